The Balaban J connectivity index is 2.40. The summed E-state index contributed by atoms with van der Waals surface area (Å²) in [4.78, 5) is 0. The van der Waals surface area contributed by atoms with E-state index in [-0.39, 0.29) is 0 Å². The number of aryl methyl sites for hydroxylation is 2. The van der Waals surface area contributed by atoms with Gasteiger partial charge < -0.3 is 5.73 Å². The second-order valence-corrected chi connectivity index (χ2v) is 4.57. The normalized spacial score (nSPS) is 17.6. The predicted molar refractivity (Wildman–Crippen MR) is 61.5 cm³/mol. The Morgan fingerprint density at radius 3 is 2.36 bits per heavy atom. The lowest BCUT2D eigenvalue weighted by molar-refractivity contribution is 0.720. The number of benzene rings is 1. The van der Waals surface area contributed by atoms with E-state index in [1.165, 1.54) is 42.4 Å². The third-order valence-corrected chi connectivity index (χ3v) is 3.33. The first-order valence-electron chi connectivity index (χ1n) is 5.55. The van der Waals surface area contributed by atoms with Crippen LogP contribution in [0, 0.1) is 13.8 Å². The minimum atomic E-state index is 0.732. The molecule has 0 atom stereocenters. The van der Waals surface area contributed by atoms with Crippen LogP contribution in [0.25, 0.3) is 0 Å². The molecule has 1 heteroatoms. The van der Waals surface area contributed by atoms with Crippen LogP contribution in [0.3, 0.4) is 0 Å². The molecule has 0 aliphatic heterocycles. The van der Waals surface area contributed by atoms with Crippen LogP contribution in [0.15, 0.2) is 12.1 Å². The molecule has 1 aromatic rings. The maximum Gasteiger partial charge on any atom is 0.0354 e. The number of nitrogen functional groups attached to an aromatic ring is 1. The molecule has 1 aromatic carbocycles. The summed E-state index contributed by atoms with van der Waals surface area (Å²) in [6.07, 6.45) is 5.40. The van der Waals surface area contributed by atoms with Gasteiger partial charge in [0.25, 0.3) is 0 Å². The second kappa shape index (κ2) is 3.64. The maximum absolute atomic E-state index is 6.10. The molecule has 0 bridgehead atoms. The van der Waals surface area contributed by atoms with Crippen LogP contribution >= 0.6 is 0 Å². The highest BCUT2D eigenvalue weighted by atomic mass is 14.6. The van der Waals surface area contributed by atoms with Crippen LogP contribution < -0.4 is 5.73 Å². The molecular weight excluding hydrogens is 170 g/mol. The quantitative estimate of drug-likeness (QED) is 0.672. The van der Waals surface area contributed by atoms with Gasteiger partial charge in [-0.05, 0) is 55.4 Å². The SMILES string of the molecule is Cc1cc(C)c(C2CCCC2)c(N)c1. The average molecular weight is 189 g/mol. The van der Waals surface area contributed by atoms with Crippen LogP contribution in [0.2, 0.25) is 0 Å². The van der Waals surface area contributed by atoms with Crippen LogP contribution in [0.1, 0.15) is 48.3 Å². The average Bonchev–Trinajstić information content (AvgIpc) is 2.54. The van der Waals surface area contributed by atoms with Crippen molar-refractivity contribution < 1.29 is 0 Å². The molecule has 2 N–H and O–H groups in total. The molecule has 0 spiro atoms. The zero-order chi connectivity index (χ0) is 10.1. The van der Waals surface area contributed by atoms with Gasteiger partial charge in [-0.3, -0.25) is 0 Å². The zero-order valence-electron chi connectivity index (χ0n) is 9.14. The van der Waals surface area contributed by atoms with E-state index in [2.05, 4.69) is 26.0 Å². The van der Waals surface area contributed by atoms with Crippen molar-refractivity contribution in [1.29, 1.82) is 0 Å². The number of hydrogen-bond acceptors (Lipinski definition) is 1. The molecule has 76 valence electrons. The molecule has 0 heterocycles. The Morgan fingerprint density at radius 1 is 1.14 bits per heavy atom. The summed E-state index contributed by atoms with van der Waals surface area (Å²) in [5.74, 6) is 0.732. The number of anilines is 1. The van der Waals surface area contributed by atoms with Crippen molar-refractivity contribution in [3.05, 3.63) is 28.8 Å². The number of nitrogens with two attached hydrogens (primary N) is 1. The highest BCUT2D eigenvalue weighted by Gasteiger charge is 2.20. The first kappa shape index (κ1) is 9.57. The standard InChI is InChI=1S/C13H19N/c1-9-7-10(2)13(12(14)8-9)11-5-3-4-6-11/h7-8,11H,3-6,14H2,1-2H3. The van der Waals surface area contributed by atoms with Crippen LogP contribution in [0.5, 0.6) is 0 Å². The van der Waals surface area contributed by atoms with Crippen molar-refractivity contribution in [2.24, 2.45) is 0 Å². The third kappa shape index (κ3) is 1.63. The van der Waals surface area contributed by atoms with Crippen molar-refractivity contribution in [3.8, 4) is 0 Å². The van der Waals surface area contributed by atoms with E-state index in [1.54, 1.807) is 0 Å². The van der Waals surface area contributed by atoms with Gasteiger partial charge in [-0.1, -0.05) is 18.9 Å². The lowest BCUT2D eigenvalue weighted by Crippen LogP contribution is -2.02. The molecule has 1 fully saturated rings. The lowest BCUT2D eigenvalue weighted by atomic mass is 9.91. The van der Waals surface area contributed by atoms with Gasteiger partial charge in [-0.15, -0.1) is 0 Å². The highest BCUT2D eigenvalue weighted by molar-refractivity contribution is 5.55. The largest absolute Gasteiger partial charge is 0.398 e. The number of rotatable bonds is 1. The Bertz CT molecular complexity index is 312. The molecule has 14 heavy (non-hydrogen) atoms. The molecular formula is C13H19N. The zero-order valence-corrected chi connectivity index (χ0v) is 9.14. The van der Waals surface area contributed by atoms with E-state index in [1.807, 2.05) is 0 Å². The molecule has 1 aliphatic rings. The monoisotopic (exact) mass is 189 g/mol. The molecule has 1 saturated carbocycles. The third-order valence-electron chi connectivity index (χ3n) is 3.33. The first-order chi connectivity index (χ1) is 6.68. The molecule has 0 saturated heterocycles. The molecule has 0 aromatic heterocycles. The highest BCUT2D eigenvalue weighted by Crippen LogP contribution is 2.38. The lowest BCUT2D eigenvalue weighted by Gasteiger charge is -2.16. The van der Waals surface area contributed by atoms with Gasteiger partial charge in [0.15, 0.2) is 0 Å². The Labute approximate surface area is 86.3 Å². The van der Waals surface area contributed by atoms with Gasteiger partial charge in [0.1, 0.15) is 0 Å². The van der Waals surface area contributed by atoms with E-state index in [0.717, 1.165) is 11.6 Å². The van der Waals surface area contributed by atoms with Gasteiger partial charge in [0.05, 0.1) is 0 Å². The van der Waals surface area contributed by atoms with Crippen molar-refractivity contribution >= 4 is 5.69 Å². The van der Waals surface area contributed by atoms with Gasteiger partial charge in [0.2, 0.25) is 0 Å². The van der Waals surface area contributed by atoms with Crippen LogP contribution in [0.4, 0.5) is 5.69 Å². The fraction of sp³-hybridized carbons (Fsp3) is 0.538. The first-order valence-corrected chi connectivity index (χ1v) is 5.55. The van der Waals surface area contributed by atoms with E-state index in [4.69, 9.17) is 5.73 Å². The molecule has 0 radical (unpaired) electrons. The molecule has 1 aliphatic carbocycles. The van der Waals surface area contributed by atoms with Crippen molar-refractivity contribution in [3.63, 3.8) is 0 Å². The van der Waals surface area contributed by atoms with Gasteiger partial charge in [-0.2, -0.15) is 0 Å². The molecule has 2 rings (SSSR count). The summed E-state index contributed by atoms with van der Waals surface area (Å²) < 4.78 is 0. The fourth-order valence-electron chi connectivity index (χ4n) is 2.78. The summed E-state index contributed by atoms with van der Waals surface area (Å²) >= 11 is 0. The maximum atomic E-state index is 6.10. The van der Waals surface area contributed by atoms with E-state index < -0.39 is 0 Å². The van der Waals surface area contributed by atoms with E-state index in [9.17, 15) is 0 Å². The van der Waals surface area contributed by atoms with Gasteiger partial charge >= 0.3 is 0 Å². The van der Waals surface area contributed by atoms with Crippen LogP contribution in [-0.2, 0) is 0 Å². The predicted octanol–water partition coefficient (Wildman–Crippen LogP) is 3.54. The summed E-state index contributed by atoms with van der Waals surface area (Å²) in [6.45, 7) is 4.30. The Morgan fingerprint density at radius 2 is 1.79 bits per heavy atom. The van der Waals surface area contributed by atoms with Crippen molar-refractivity contribution in [2.45, 2.75) is 45.4 Å². The summed E-state index contributed by atoms with van der Waals surface area (Å²) in [5.41, 5.74) is 11.2. The van der Waals surface area contributed by atoms with Crippen LogP contribution in [-0.4, -0.2) is 0 Å². The topological polar surface area (TPSA) is 26.0 Å². The minimum absolute atomic E-state index is 0.732. The van der Waals surface area contributed by atoms with Crippen molar-refractivity contribution in [1.82, 2.24) is 0 Å². The van der Waals surface area contributed by atoms with E-state index in [0.29, 0.717) is 0 Å². The van der Waals surface area contributed by atoms with Crippen molar-refractivity contribution in [2.75, 3.05) is 5.73 Å². The summed E-state index contributed by atoms with van der Waals surface area (Å²) in [5, 5.41) is 0. The smallest absolute Gasteiger partial charge is 0.0354 e. The van der Waals surface area contributed by atoms with Gasteiger partial charge in [-0.25, -0.2) is 0 Å². The summed E-state index contributed by atoms with van der Waals surface area (Å²) in [6, 6.07) is 4.37. The molecule has 0 unspecified atom stereocenters. The minimum Gasteiger partial charge on any atom is -0.398 e. The summed E-state index contributed by atoms with van der Waals surface area (Å²) in [7, 11) is 0. The molecule has 1 nitrogen and oxygen atoms in total. The Hall–Kier alpha value is -0.980. The second-order valence-electron chi connectivity index (χ2n) is 4.57. The molecule has 0 amide bonds. The van der Waals surface area contributed by atoms with E-state index >= 15 is 0 Å². The van der Waals surface area contributed by atoms with Gasteiger partial charge in [0, 0.05) is 5.69 Å². The number of hydrogen-bond donors (Lipinski definition) is 1. The fourth-order valence-corrected chi connectivity index (χ4v) is 2.78. The Kier molecular flexibility index (Phi) is 2.49.